The summed E-state index contributed by atoms with van der Waals surface area (Å²) in [6.45, 7) is 2.98. The summed E-state index contributed by atoms with van der Waals surface area (Å²) in [4.78, 5) is 18.5. The Hall–Kier alpha value is -1.09. The number of carbonyl (C=O) groups excluding carboxylic acids is 1. The largest absolute Gasteiger partial charge is 0.336 e. The van der Waals surface area contributed by atoms with Crippen LogP contribution in [0.25, 0.3) is 0 Å². The van der Waals surface area contributed by atoms with E-state index in [9.17, 15) is 4.79 Å². The van der Waals surface area contributed by atoms with E-state index < -0.39 is 0 Å². The van der Waals surface area contributed by atoms with E-state index in [2.05, 4.69) is 11.9 Å². The number of pyridine rings is 1. The van der Waals surface area contributed by atoms with E-state index in [1.54, 1.807) is 18.3 Å². The van der Waals surface area contributed by atoms with E-state index in [4.69, 9.17) is 11.6 Å². The Balaban J connectivity index is 2.23. The van der Waals surface area contributed by atoms with Gasteiger partial charge in [-0.25, -0.2) is 4.98 Å². The maximum Gasteiger partial charge on any atom is 0.257 e. The first kappa shape index (κ1) is 13.3. The molecule has 1 aliphatic rings. The third-order valence-electron chi connectivity index (χ3n) is 3.60. The summed E-state index contributed by atoms with van der Waals surface area (Å²) in [5.74, 6) is 0.0295. The van der Waals surface area contributed by atoms with Crippen LogP contribution < -0.4 is 0 Å². The number of hydrogen-bond donors (Lipinski definition) is 0. The number of hydrogen-bond acceptors (Lipinski definition) is 2. The average Bonchev–Trinajstić information content (AvgIpc) is 2.63. The molecule has 0 aliphatic carbocycles. The molecule has 0 spiro atoms. The highest BCUT2D eigenvalue weighted by Crippen LogP contribution is 2.23. The molecule has 2 heterocycles. The summed E-state index contributed by atoms with van der Waals surface area (Å²) in [6, 6.07) is 3.86. The fourth-order valence-corrected chi connectivity index (χ4v) is 2.77. The predicted octanol–water partition coefficient (Wildman–Crippen LogP) is 3.53. The molecule has 0 radical (unpaired) electrons. The van der Waals surface area contributed by atoms with Crippen LogP contribution in [0.1, 0.15) is 49.4 Å². The first-order chi connectivity index (χ1) is 8.74. The average molecular weight is 267 g/mol. The van der Waals surface area contributed by atoms with Crippen LogP contribution in [-0.4, -0.2) is 28.4 Å². The predicted molar refractivity (Wildman–Crippen MR) is 72.8 cm³/mol. The molecule has 0 aromatic carbocycles. The number of amides is 1. The van der Waals surface area contributed by atoms with E-state index in [1.807, 2.05) is 4.90 Å². The lowest BCUT2D eigenvalue weighted by molar-refractivity contribution is 0.0678. The maximum absolute atomic E-state index is 12.5. The normalized spacial score (nSPS) is 20.6. The minimum Gasteiger partial charge on any atom is -0.336 e. The lowest BCUT2D eigenvalue weighted by Crippen LogP contribution is -2.39. The molecule has 0 bridgehead atoms. The summed E-state index contributed by atoms with van der Waals surface area (Å²) in [6.07, 6.45) is 7.22. The molecule has 1 aromatic rings. The Morgan fingerprint density at radius 2 is 2.33 bits per heavy atom. The van der Waals surface area contributed by atoms with Crippen LogP contribution >= 0.6 is 11.6 Å². The van der Waals surface area contributed by atoms with Gasteiger partial charge in [-0.05, 0) is 31.4 Å². The fourth-order valence-electron chi connectivity index (χ4n) is 2.57. The first-order valence-corrected chi connectivity index (χ1v) is 7.03. The molecule has 0 saturated carbocycles. The van der Waals surface area contributed by atoms with Crippen molar-refractivity contribution in [1.29, 1.82) is 0 Å². The van der Waals surface area contributed by atoms with E-state index in [0.29, 0.717) is 16.8 Å². The zero-order valence-corrected chi connectivity index (χ0v) is 11.5. The molecule has 1 amide bonds. The molecule has 18 heavy (non-hydrogen) atoms. The molecule has 2 rings (SSSR count). The van der Waals surface area contributed by atoms with Crippen molar-refractivity contribution in [2.75, 3.05) is 6.54 Å². The van der Waals surface area contributed by atoms with Gasteiger partial charge in [0.1, 0.15) is 5.15 Å². The van der Waals surface area contributed by atoms with Gasteiger partial charge in [0.2, 0.25) is 0 Å². The minimum absolute atomic E-state index is 0.0295. The van der Waals surface area contributed by atoms with Crippen molar-refractivity contribution in [3.8, 4) is 0 Å². The maximum atomic E-state index is 12.5. The minimum atomic E-state index is 0.0295. The molecule has 1 unspecified atom stereocenters. The van der Waals surface area contributed by atoms with Gasteiger partial charge in [-0.2, -0.15) is 0 Å². The zero-order valence-electron chi connectivity index (χ0n) is 10.7. The van der Waals surface area contributed by atoms with Crippen molar-refractivity contribution in [2.24, 2.45) is 0 Å². The molecule has 1 aromatic heterocycles. The van der Waals surface area contributed by atoms with Gasteiger partial charge in [0.25, 0.3) is 5.91 Å². The standard InChI is InChI=1S/C14H19ClN2O/c1-2-11-7-4-3-5-10-17(11)14(18)12-8-6-9-16-13(12)15/h6,8-9,11H,2-5,7,10H2,1H3. The monoisotopic (exact) mass is 266 g/mol. The van der Waals surface area contributed by atoms with Crippen molar-refractivity contribution in [2.45, 2.75) is 45.1 Å². The lowest BCUT2D eigenvalue weighted by atomic mass is 10.1. The van der Waals surface area contributed by atoms with Crippen molar-refractivity contribution < 1.29 is 4.79 Å². The van der Waals surface area contributed by atoms with Crippen molar-refractivity contribution in [1.82, 2.24) is 9.88 Å². The summed E-state index contributed by atoms with van der Waals surface area (Å²) in [5.41, 5.74) is 0.527. The Morgan fingerprint density at radius 1 is 1.50 bits per heavy atom. The van der Waals surface area contributed by atoms with Crippen molar-refractivity contribution in [3.63, 3.8) is 0 Å². The molecule has 1 saturated heterocycles. The Kier molecular flexibility index (Phi) is 4.59. The van der Waals surface area contributed by atoms with Gasteiger partial charge in [-0.1, -0.05) is 31.4 Å². The highest BCUT2D eigenvalue weighted by atomic mass is 35.5. The van der Waals surface area contributed by atoms with E-state index in [-0.39, 0.29) is 5.91 Å². The van der Waals surface area contributed by atoms with Crippen LogP contribution in [0, 0.1) is 0 Å². The van der Waals surface area contributed by atoms with Crippen LogP contribution in [0.5, 0.6) is 0 Å². The van der Waals surface area contributed by atoms with Crippen LogP contribution in [0.3, 0.4) is 0 Å². The smallest absolute Gasteiger partial charge is 0.257 e. The molecule has 98 valence electrons. The Bertz CT molecular complexity index is 422. The topological polar surface area (TPSA) is 33.2 Å². The number of halogens is 1. The van der Waals surface area contributed by atoms with Gasteiger partial charge >= 0.3 is 0 Å². The Labute approximate surface area is 113 Å². The molecule has 1 fully saturated rings. The van der Waals surface area contributed by atoms with Crippen molar-refractivity contribution in [3.05, 3.63) is 29.0 Å². The highest BCUT2D eigenvalue weighted by Gasteiger charge is 2.26. The van der Waals surface area contributed by atoms with Gasteiger partial charge in [-0.3, -0.25) is 4.79 Å². The second-order valence-electron chi connectivity index (χ2n) is 4.75. The SMILES string of the molecule is CCC1CCCCCN1C(=O)c1cccnc1Cl. The van der Waals surface area contributed by atoms with Crippen LogP contribution in [0.15, 0.2) is 18.3 Å². The molecular weight excluding hydrogens is 248 g/mol. The molecule has 0 N–H and O–H groups in total. The van der Waals surface area contributed by atoms with Gasteiger partial charge in [0.05, 0.1) is 5.56 Å². The third kappa shape index (κ3) is 2.83. The fraction of sp³-hybridized carbons (Fsp3) is 0.571. The number of aromatic nitrogens is 1. The number of carbonyl (C=O) groups is 1. The molecule has 4 heteroatoms. The van der Waals surface area contributed by atoms with Gasteiger partial charge in [-0.15, -0.1) is 0 Å². The van der Waals surface area contributed by atoms with Gasteiger partial charge in [0.15, 0.2) is 0 Å². The molecule has 1 atom stereocenters. The highest BCUT2D eigenvalue weighted by molar-refractivity contribution is 6.32. The summed E-state index contributed by atoms with van der Waals surface area (Å²) in [7, 11) is 0. The Morgan fingerprint density at radius 3 is 3.06 bits per heavy atom. The van der Waals surface area contributed by atoms with Gasteiger partial charge in [0, 0.05) is 18.8 Å². The summed E-state index contributed by atoms with van der Waals surface area (Å²) >= 11 is 6.01. The van der Waals surface area contributed by atoms with Crippen LogP contribution in [0.4, 0.5) is 0 Å². The van der Waals surface area contributed by atoms with E-state index in [0.717, 1.165) is 25.8 Å². The summed E-state index contributed by atoms with van der Waals surface area (Å²) < 4.78 is 0. The lowest BCUT2D eigenvalue weighted by Gasteiger charge is -2.29. The van der Waals surface area contributed by atoms with Gasteiger partial charge < -0.3 is 4.90 Å². The number of rotatable bonds is 2. The number of nitrogens with zero attached hydrogens (tertiary/aromatic N) is 2. The first-order valence-electron chi connectivity index (χ1n) is 6.65. The molecule has 1 aliphatic heterocycles. The van der Waals surface area contributed by atoms with E-state index >= 15 is 0 Å². The zero-order chi connectivity index (χ0) is 13.0. The number of likely N-dealkylation sites (tertiary alicyclic amines) is 1. The molecule has 3 nitrogen and oxygen atoms in total. The third-order valence-corrected chi connectivity index (χ3v) is 3.90. The quantitative estimate of drug-likeness (QED) is 0.768. The van der Waals surface area contributed by atoms with Crippen LogP contribution in [-0.2, 0) is 0 Å². The van der Waals surface area contributed by atoms with Crippen LogP contribution in [0.2, 0.25) is 5.15 Å². The summed E-state index contributed by atoms with van der Waals surface area (Å²) in [5, 5.41) is 0.307. The van der Waals surface area contributed by atoms with Crippen molar-refractivity contribution >= 4 is 17.5 Å². The molecular formula is C14H19ClN2O. The second-order valence-corrected chi connectivity index (χ2v) is 5.11. The second kappa shape index (κ2) is 6.19. The van der Waals surface area contributed by atoms with E-state index in [1.165, 1.54) is 12.8 Å².